The van der Waals surface area contributed by atoms with Crippen molar-refractivity contribution in [3.8, 4) is 5.75 Å². The second-order valence-electron chi connectivity index (χ2n) is 8.51. The zero-order valence-corrected chi connectivity index (χ0v) is 20.1. The Labute approximate surface area is 198 Å². The van der Waals surface area contributed by atoms with Crippen molar-refractivity contribution >= 4 is 11.4 Å². The van der Waals surface area contributed by atoms with Gasteiger partial charge < -0.3 is 9.57 Å². The Balaban J connectivity index is 1.61. The molecule has 8 nitrogen and oxygen atoms in total. The lowest BCUT2D eigenvalue weighted by atomic mass is 9.92. The summed E-state index contributed by atoms with van der Waals surface area (Å²) in [6, 6.07) is 14.1. The molecule has 0 saturated heterocycles. The number of ether oxygens (including phenoxy) is 1. The normalized spacial score (nSPS) is 16.1. The average Bonchev–Trinajstić information content (AvgIpc) is 3.15. The number of hydrogen-bond donors (Lipinski definition) is 0. The Morgan fingerprint density at radius 1 is 1.15 bits per heavy atom. The van der Waals surface area contributed by atoms with Gasteiger partial charge in [0.25, 0.3) is 0 Å². The Morgan fingerprint density at radius 2 is 1.94 bits per heavy atom. The minimum absolute atomic E-state index is 0.218. The number of aromatic nitrogens is 4. The molecule has 0 saturated carbocycles. The first-order valence-corrected chi connectivity index (χ1v) is 11.2. The minimum atomic E-state index is -0.284. The molecule has 0 aliphatic heterocycles. The Bertz CT molecular complexity index is 1350. The summed E-state index contributed by atoms with van der Waals surface area (Å²) in [5, 5.41) is 12.1. The fourth-order valence-electron chi connectivity index (χ4n) is 4.04. The van der Waals surface area contributed by atoms with Gasteiger partial charge in [-0.15, -0.1) is 0 Å². The molecule has 1 unspecified atom stereocenters. The molecular formula is C26H29N5O3. The van der Waals surface area contributed by atoms with Crippen LogP contribution in [0.25, 0.3) is 5.70 Å². The molecular weight excluding hydrogens is 430 g/mol. The van der Waals surface area contributed by atoms with Crippen molar-refractivity contribution in [1.82, 2.24) is 19.8 Å². The summed E-state index contributed by atoms with van der Waals surface area (Å²) in [6.45, 7) is 6.53. The van der Waals surface area contributed by atoms with Crippen LogP contribution in [0.1, 0.15) is 35.6 Å². The van der Waals surface area contributed by atoms with Crippen LogP contribution in [0.2, 0.25) is 0 Å². The fourth-order valence-corrected chi connectivity index (χ4v) is 4.04. The van der Waals surface area contributed by atoms with E-state index in [9.17, 15) is 4.79 Å². The molecule has 0 bridgehead atoms. The minimum Gasteiger partial charge on any atom is -0.489 e. The maximum absolute atomic E-state index is 12.4. The topological polar surface area (TPSA) is 83.5 Å². The van der Waals surface area contributed by atoms with Gasteiger partial charge in [0.2, 0.25) is 0 Å². The van der Waals surface area contributed by atoms with Gasteiger partial charge in [-0.2, -0.15) is 9.36 Å². The van der Waals surface area contributed by atoms with Gasteiger partial charge in [-0.1, -0.05) is 41.9 Å². The highest BCUT2D eigenvalue weighted by Crippen LogP contribution is 2.29. The van der Waals surface area contributed by atoms with Crippen molar-refractivity contribution < 1.29 is 9.57 Å². The zero-order chi connectivity index (χ0) is 24.2. The van der Waals surface area contributed by atoms with E-state index < -0.39 is 0 Å². The molecule has 1 aliphatic carbocycles. The summed E-state index contributed by atoms with van der Waals surface area (Å²) >= 11 is 0. The van der Waals surface area contributed by atoms with E-state index in [1.165, 1.54) is 9.36 Å². The summed E-state index contributed by atoms with van der Waals surface area (Å²) in [6.07, 6.45) is 4.84. The monoisotopic (exact) mass is 459 g/mol. The first kappa shape index (κ1) is 23.2. The van der Waals surface area contributed by atoms with E-state index >= 15 is 0 Å². The zero-order valence-electron chi connectivity index (χ0n) is 20.1. The average molecular weight is 460 g/mol. The molecule has 1 heterocycles. The largest absolute Gasteiger partial charge is 0.489 e. The molecule has 1 aromatic heterocycles. The van der Waals surface area contributed by atoms with Crippen molar-refractivity contribution in [3.63, 3.8) is 0 Å². The molecule has 3 aromatic rings. The van der Waals surface area contributed by atoms with E-state index in [1.807, 2.05) is 49.4 Å². The van der Waals surface area contributed by atoms with Crippen LogP contribution in [0.15, 0.2) is 70.1 Å². The highest BCUT2D eigenvalue weighted by Gasteiger charge is 2.21. The molecule has 0 fully saturated rings. The molecule has 0 amide bonds. The smallest absolute Gasteiger partial charge is 0.368 e. The molecule has 0 N–H and O–H groups in total. The maximum Gasteiger partial charge on any atom is 0.368 e. The molecule has 0 radical (unpaired) electrons. The van der Waals surface area contributed by atoms with Crippen molar-refractivity contribution in [2.45, 2.75) is 27.2 Å². The molecule has 0 spiro atoms. The van der Waals surface area contributed by atoms with Crippen molar-refractivity contribution in [2.24, 2.45) is 18.1 Å². The number of nitrogens with zero attached hydrogens (tertiary/aromatic N) is 5. The lowest BCUT2D eigenvalue weighted by Crippen LogP contribution is -2.26. The lowest BCUT2D eigenvalue weighted by molar-refractivity contribution is 0.214. The Hall–Kier alpha value is -3.94. The van der Waals surface area contributed by atoms with Crippen molar-refractivity contribution in [3.05, 3.63) is 92.9 Å². The summed E-state index contributed by atoms with van der Waals surface area (Å²) in [5.41, 5.74) is 6.27. The Morgan fingerprint density at radius 3 is 2.62 bits per heavy atom. The third-order valence-electron chi connectivity index (χ3n) is 5.94. The highest BCUT2D eigenvalue weighted by molar-refractivity contribution is 6.12. The first-order chi connectivity index (χ1) is 16.4. The van der Waals surface area contributed by atoms with Crippen LogP contribution in [-0.2, 0) is 11.9 Å². The van der Waals surface area contributed by atoms with E-state index in [1.54, 1.807) is 14.2 Å². The third-order valence-corrected chi connectivity index (χ3v) is 5.94. The van der Waals surface area contributed by atoms with Crippen LogP contribution in [0.3, 0.4) is 0 Å². The molecule has 1 atom stereocenters. The molecule has 1 aliphatic rings. The number of rotatable bonds is 7. The predicted octanol–water partition coefficient (Wildman–Crippen LogP) is 3.88. The first-order valence-electron chi connectivity index (χ1n) is 11.2. The third kappa shape index (κ3) is 4.71. The Kier molecular flexibility index (Phi) is 6.77. The quantitative estimate of drug-likeness (QED) is 0.396. The van der Waals surface area contributed by atoms with Gasteiger partial charge >= 0.3 is 5.69 Å². The van der Waals surface area contributed by atoms with Crippen LogP contribution >= 0.6 is 0 Å². The van der Waals surface area contributed by atoms with Crippen LogP contribution < -0.4 is 10.4 Å². The summed E-state index contributed by atoms with van der Waals surface area (Å²) < 4.78 is 8.78. The van der Waals surface area contributed by atoms with Crippen LogP contribution in [-0.4, -0.2) is 39.2 Å². The summed E-state index contributed by atoms with van der Waals surface area (Å²) in [7, 11) is 3.13. The standard InChI is InChI=1S/C26H29N5O3/c1-17-8-6-10-20(14-17)25(27-33-5)21-12-13-24(19(3)15-21)34-16-22-18(2)9-7-11-23(22)31-26(32)30(4)28-29-31/h6-8,10-15,18H,9,16H2,1-5H3/b27-25-. The number of aryl methyl sites for hydroxylation is 3. The van der Waals surface area contributed by atoms with E-state index in [-0.39, 0.29) is 11.6 Å². The van der Waals surface area contributed by atoms with Gasteiger partial charge in [0.1, 0.15) is 25.2 Å². The highest BCUT2D eigenvalue weighted by atomic mass is 16.6. The van der Waals surface area contributed by atoms with Gasteiger partial charge in [-0.3, -0.25) is 0 Å². The van der Waals surface area contributed by atoms with Gasteiger partial charge in [0.15, 0.2) is 0 Å². The second kappa shape index (κ2) is 9.91. The van der Waals surface area contributed by atoms with E-state index in [0.717, 1.165) is 51.4 Å². The molecule has 8 heteroatoms. The number of tetrazole rings is 1. The lowest BCUT2D eigenvalue weighted by Gasteiger charge is -2.22. The van der Waals surface area contributed by atoms with E-state index in [2.05, 4.69) is 41.6 Å². The SMILES string of the molecule is CO/N=C(/c1cccc(C)c1)c1ccc(OCC2=C(n3nnn(C)c3=O)C=CCC2C)c(C)c1. The van der Waals surface area contributed by atoms with Crippen LogP contribution in [0, 0.1) is 19.8 Å². The van der Waals surface area contributed by atoms with Gasteiger partial charge in [0.05, 0.1) is 5.70 Å². The summed E-state index contributed by atoms with van der Waals surface area (Å²) in [5.74, 6) is 0.986. The fraction of sp³-hybridized carbons (Fsp3) is 0.308. The van der Waals surface area contributed by atoms with Crippen LogP contribution in [0.5, 0.6) is 5.75 Å². The number of benzene rings is 2. The van der Waals surface area contributed by atoms with Gasteiger partial charge in [0, 0.05) is 18.2 Å². The molecule has 176 valence electrons. The molecule has 34 heavy (non-hydrogen) atoms. The van der Waals surface area contributed by atoms with Gasteiger partial charge in [-0.25, -0.2) is 4.79 Å². The van der Waals surface area contributed by atoms with Gasteiger partial charge in [-0.05, 0) is 78.1 Å². The second-order valence-corrected chi connectivity index (χ2v) is 8.51. The van der Waals surface area contributed by atoms with Crippen LogP contribution in [0.4, 0.5) is 0 Å². The maximum atomic E-state index is 12.4. The van der Waals surface area contributed by atoms with E-state index in [4.69, 9.17) is 9.57 Å². The number of oxime groups is 1. The molecule has 4 rings (SSSR count). The van der Waals surface area contributed by atoms with Crippen molar-refractivity contribution in [1.29, 1.82) is 0 Å². The van der Waals surface area contributed by atoms with Crippen molar-refractivity contribution in [2.75, 3.05) is 13.7 Å². The summed E-state index contributed by atoms with van der Waals surface area (Å²) in [4.78, 5) is 17.5. The predicted molar refractivity (Wildman–Crippen MR) is 132 cm³/mol. The number of hydrogen-bond acceptors (Lipinski definition) is 6. The molecule has 2 aromatic carbocycles. The number of allylic oxidation sites excluding steroid dienone is 3. The van der Waals surface area contributed by atoms with E-state index in [0.29, 0.717) is 6.61 Å².